The monoisotopic (exact) mass is 477 g/mol. The predicted molar refractivity (Wildman–Crippen MR) is 113 cm³/mol. The highest BCUT2D eigenvalue weighted by Crippen LogP contribution is 2.24. The maximum Gasteiger partial charge on any atom is 0.266 e. The van der Waals surface area contributed by atoms with Crippen LogP contribution in [0.3, 0.4) is 0 Å². The highest BCUT2D eigenvalue weighted by molar-refractivity contribution is 9.10. The van der Waals surface area contributed by atoms with Gasteiger partial charge in [0.05, 0.1) is 5.69 Å². The van der Waals surface area contributed by atoms with Gasteiger partial charge in [-0.15, -0.1) is 0 Å². The number of aryl methyl sites for hydroxylation is 1. The third-order valence-corrected chi connectivity index (χ3v) is 6.34. The fourth-order valence-corrected chi connectivity index (χ4v) is 4.50. The van der Waals surface area contributed by atoms with Crippen LogP contribution in [0.2, 0.25) is 0 Å². The summed E-state index contributed by atoms with van der Waals surface area (Å²) in [5.74, 6) is -1.05. The minimum absolute atomic E-state index is 0.0723. The molecule has 6 nitrogen and oxygen atoms in total. The van der Waals surface area contributed by atoms with Gasteiger partial charge in [0.25, 0.3) is 10.0 Å². The number of benzene rings is 2. The number of hydrogen-bond donors (Lipinski definition) is 1. The Morgan fingerprint density at radius 1 is 1.17 bits per heavy atom. The first-order valence-corrected chi connectivity index (χ1v) is 10.7. The first kappa shape index (κ1) is 20.9. The van der Waals surface area contributed by atoms with E-state index in [2.05, 4.69) is 26.2 Å². The number of carbonyl (C=O) groups is 1. The van der Waals surface area contributed by atoms with Crippen LogP contribution < -0.4 is 9.62 Å². The fraction of sp³-hybridized carbons (Fsp3) is 0.100. The summed E-state index contributed by atoms with van der Waals surface area (Å²) in [6.45, 7) is 1.34. The van der Waals surface area contributed by atoms with Crippen LogP contribution in [0.1, 0.15) is 5.56 Å². The molecule has 0 bridgehead atoms. The normalized spacial score (nSPS) is 11.1. The fourth-order valence-electron chi connectivity index (χ4n) is 2.64. The number of pyridine rings is 1. The maximum atomic E-state index is 13.3. The van der Waals surface area contributed by atoms with Gasteiger partial charge in [0, 0.05) is 22.6 Å². The average Bonchev–Trinajstić information content (AvgIpc) is 2.70. The Balaban J connectivity index is 1.93. The van der Waals surface area contributed by atoms with E-state index >= 15 is 0 Å². The van der Waals surface area contributed by atoms with E-state index in [1.165, 1.54) is 36.7 Å². The molecule has 0 aliphatic heterocycles. The van der Waals surface area contributed by atoms with Gasteiger partial charge in [-0.2, -0.15) is 0 Å². The number of aromatic nitrogens is 1. The summed E-state index contributed by atoms with van der Waals surface area (Å²) in [5, 5.41) is 2.72. The Morgan fingerprint density at radius 3 is 2.52 bits per heavy atom. The summed E-state index contributed by atoms with van der Waals surface area (Å²) in [7, 11) is -4.09. The van der Waals surface area contributed by atoms with Crippen LogP contribution in [-0.4, -0.2) is 25.9 Å². The summed E-state index contributed by atoms with van der Waals surface area (Å²) in [5.41, 5.74) is 1.55. The summed E-state index contributed by atoms with van der Waals surface area (Å²) in [6.07, 6.45) is 2.65. The van der Waals surface area contributed by atoms with E-state index in [9.17, 15) is 17.6 Å². The second-order valence-electron chi connectivity index (χ2n) is 6.18. The summed E-state index contributed by atoms with van der Waals surface area (Å²) in [6, 6.07) is 13.1. The van der Waals surface area contributed by atoms with Crippen molar-refractivity contribution in [2.45, 2.75) is 11.8 Å². The smallest absolute Gasteiger partial charge is 0.266 e. The van der Waals surface area contributed by atoms with Crippen molar-refractivity contribution in [2.24, 2.45) is 0 Å². The molecule has 0 fully saturated rings. The number of nitrogens with zero attached hydrogens (tertiary/aromatic N) is 2. The highest BCUT2D eigenvalue weighted by Gasteiger charge is 2.27. The third kappa shape index (κ3) is 4.99. The molecule has 0 aliphatic carbocycles. The zero-order valence-corrected chi connectivity index (χ0v) is 17.7. The van der Waals surface area contributed by atoms with E-state index in [4.69, 9.17) is 0 Å². The lowest BCUT2D eigenvalue weighted by Gasteiger charge is -2.24. The third-order valence-electron chi connectivity index (χ3n) is 4.09. The van der Waals surface area contributed by atoms with Crippen molar-refractivity contribution >= 4 is 43.2 Å². The van der Waals surface area contributed by atoms with E-state index < -0.39 is 28.3 Å². The van der Waals surface area contributed by atoms with Crippen LogP contribution in [0.25, 0.3) is 0 Å². The lowest BCUT2D eigenvalue weighted by Crippen LogP contribution is -2.38. The molecule has 29 heavy (non-hydrogen) atoms. The standard InChI is InChI=1S/C20H17BrFN3O3S/c1-14-11-15(21)4-9-19(14)24-20(26)13-25(17-7-5-16(22)6-8-17)29(27,28)18-3-2-10-23-12-18/h2-12H,13H2,1H3,(H,24,26). The number of rotatable bonds is 6. The molecular formula is C20H17BrFN3O3S. The Labute approximate surface area is 176 Å². The Morgan fingerprint density at radius 2 is 1.90 bits per heavy atom. The molecule has 3 aromatic rings. The van der Waals surface area contributed by atoms with Crippen LogP contribution in [0.4, 0.5) is 15.8 Å². The molecular weight excluding hydrogens is 461 g/mol. The Hall–Kier alpha value is -2.78. The topological polar surface area (TPSA) is 79.4 Å². The SMILES string of the molecule is Cc1cc(Br)ccc1NC(=O)CN(c1ccc(F)cc1)S(=O)(=O)c1cccnc1. The molecule has 0 saturated heterocycles. The summed E-state index contributed by atoms with van der Waals surface area (Å²) >= 11 is 3.35. The molecule has 1 aromatic heterocycles. The van der Waals surface area contributed by atoms with E-state index in [0.717, 1.165) is 26.5 Å². The lowest BCUT2D eigenvalue weighted by molar-refractivity contribution is -0.114. The molecule has 0 saturated carbocycles. The van der Waals surface area contributed by atoms with Crippen LogP contribution in [-0.2, 0) is 14.8 Å². The van der Waals surface area contributed by atoms with Crippen molar-refractivity contribution in [2.75, 3.05) is 16.2 Å². The molecule has 0 spiro atoms. The summed E-state index contributed by atoms with van der Waals surface area (Å²) in [4.78, 5) is 16.4. The quantitative estimate of drug-likeness (QED) is 0.578. The first-order valence-electron chi connectivity index (χ1n) is 8.52. The van der Waals surface area contributed by atoms with Crippen LogP contribution in [0.15, 0.2) is 76.4 Å². The van der Waals surface area contributed by atoms with Gasteiger partial charge >= 0.3 is 0 Å². The molecule has 150 valence electrons. The molecule has 2 aromatic carbocycles. The zero-order chi connectivity index (χ0) is 21.0. The number of hydrogen-bond acceptors (Lipinski definition) is 4. The average molecular weight is 478 g/mol. The van der Waals surface area contributed by atoms with Crippen molar-refractivity contribution in [3.63, 3.8) is 0 Å². The van der Waals surface area contributed by atoms with Gasteiger partial charge in [-0.1, -0.05) is 15.9 Å². The number of amides is 1. The number of nitrogens with one attached hydrogen (secondary N) is 1. The Bertz CT molecular complexity index is 1120. The minimum atomic E-state index is -4.09. The van der Waals surface area contributed by atoms with Gasteiger partial charge in [0.15, 0.2) is 0 Å². The van der Waals surface area contributed by atoms with E-state index in [-0.39, 0.29) is 10.6 Å². The van der Waals surface area contributed by atoms with Crippen molar-refractivity contribution in [1.82, 2.24) is 4.98 Å². The van der Waals surface area contributed by atoms with Crippen molar-refractivity contribution in [1.29, 1.82) is 0 Å². The first-order chi connectivity index (χ1) is 13.8. The van der Waals surface area contributed by atoms with E-state index in [1.807, 2.05) is 13.0 Å². The van der Waals surface area contributed by atoms with Gasteiger partial charge < -0.3 is 5.32 Å². The van der Waals surface area contributed by atoms with Gasteiger partial charge in [-0.05, 0) is 67.1 Å². The molecule has 1 amide bonds. The van der Waals surface area contributed by atoms with Gasteiger partial charge in [0.1, 0.15) is 17.3 Å². The van der Waals surface area contributed by atoms with Crippen LogP contribution in [0.5, 0.6) is 0 Å². The minimum Gasteiger partial charge on any atom is -0.324 e. The number of sulfonamides is 1. The van der Waals surface area contributed by atoms with Crippen LogP contribution >= 0.6 is 15.9 Å². The second kappa shape index (κ2) is 8.71. The zero-order valence-electron chi connectivity index (χ0n) is 15.3. The molecule has 9 heteroatoms. The van der Waals surface area contributed by atoms with E-state index in [1.54, 1.807) is 12.1 Å². The maximum absolute atomic E-state index is 13.3. The Kier molecular flexibility index (Phi) is 6.29. The predicted octanol–water partition coefficient (Wildman–Crippen LogP) is 4.13. The molecule has 0 radical (unpaired) electrons. The molecule has 0 atom stereocenters. The van der Waals surface area contributed by atoms with Crippen LogP contribution in [0, 0.1) is 12.7 Å². The van der Waals surface area contributed by atoms with Gasteiger partial charge in [0.2, 0.25) is 5.91 Å². The van der Waals surface area contributed by atoms with Crippen molar-refractivity contribution < 1.29 is 17.6 Å². The summed E-state index contributed by atoms with van der Waals surface area (Å²) < 4.78 is 41.4. The highest BCUT2D eigenvalue weighted by atomic mass is 79.9. The van der Waals surface area contributed by atoms with Gasteiger partial charge in [-0.25, -0.2) is 12.8 Å². The largest absolute Gasteiger partial charge is 0.324 e. The van der Waals surface area contributed by atoms with Crippen molar-refractivity contribution in [3.8, 4) is 0 Å². The molecule has 3 rings (SSSR count). The number of halogens is 2. The lowest BCUT2D eigenvalue weighted by atomic mass is 10.2. The number of anilines is 2. The number of carbonyl (C=O) groups excluding carboxylic acids is 1. The molecule has 1 heterocycles. The van der Waals surface area contributed by atoms with E-state index in [0.29, 0.717) is 5.69 Å². The second-order valence-corrected chi connectivity index (χ2v) is 8.96. The molecule has 1 N–H and O–H groups in total. The molecule has 0 aliphatic rings. The van der Waals surface area contributed by atoms with Gasteiger partial charge in [-0.3, -0.25) is 14.1 Å². The molecule has 0 unspecified atom stereocenters. The van der Waals surface area contributed by atoms with Crippen molar-refractivity contribution in [3.05, 3.63) is 82.8 Å².